The van der Waals surface area contributed by atoms with Gasteiger partial charge in [0.15, 0.2) is 0 Å². The van der Waals surface area contributed by atoms with Gasteiger partial charge in [-0.2, -0.15) is 0 Å². The zero-order chi connectivity index (χ0) is 18.0. The molecule has 0 bridgehead atoms. The molecule has 128 valence electrons. The summed E-state index contributed by atoms with van der Waals surface area (Å²) in [5, 5.41) is 1.22. The minimum Gasteiger partial charge on any atom is -0.496 e. The molecule has 0 aromatic heterocycles. The number of halogens is 1. The summed E-state index contributed by atoms with van der Waals surface area (Å²) in [6.45, 7) is 0. The Hall–Kier alpha value is -2.80. The van der Waals surface area contributed by atoms with Crippen molar-refractivity contribution in [3.05, 3.63) is 58.1 Å². The van der Waals surface area contributed by atoms with Crippen molar-refractivity contribution in [3.8, 4) is 11.5 Å². The monoisotopic (exact) mass is 402 g/mol. The van der Waals surface area contributed by atoms with E-state index in [1.807, 2.05) is 6.07 Å². The molecule has 1 saturated heterocycles. The summed E-state index contributed by atoms with van der Waals surface area (Å²) < 4.78 is 11.2. The number of nitrogens with zero attached hydrogens (tertiary/aromatic N) is 1. The van der Waals surface area contributed by atoms with E-state index in [1.165, 1.54) is 18.2 Å². The summed E-state index contributed by atoms with van der Waals surface area (Å²) >= 11 is 3.39. The Bertz CT molecular complexity index is 865. The molecule has 3 rings (SSSR count). The second-order valence-electron chi connectivity index (χ2n) is 5.20. The largest absolute Gasteiger partial charge is 0.496 e. The van der Waals surface area contributed by atoms with E-state index in [9.17, 15) is 9.59 Å². The molecular formula is C18H15BrN2O4. The molecule has 0 spiro atoms. The fourth-order valence-electron chi connectivity index (χ4n) is 2.47. The van der Waals surface area contributed by atoms with Crippen LogP contribution in [0.2, 0.25) is 0 Å². The average molecular weight is 403 g/mol. The Balaban J connectivity index is 2.00. The van der Waals surface area contributed by atoms with Crippen molar-refractivity contribution in [1.82, 2.24) is 5.43 Å². The third-order valence-corrected chi connectivity index (χ3v) is 4.33. The van der Waals surface area contributed by atoms with Gasteiger partial charge in [0, 0.05) is 11.6 Å². The standard InChI is InChI=1S/C18H15BrN2O4/c1-24-15-10-16(25-2)14(19)9-11(15)8-13-17(22)20-21(18(13)23)12-6-4-3-5-7-12/h3-10H,1-2H3,(H,20,22)/b13-8-. The third-order valence-electron chi connectivity index (χ3n) is 3.71. The maximum atomic E-state index is 12.6. The summed E-state index contributed by atoms with van der Waals surface area (Å²) in [5.74, 6) is 0.187. The van der Waals surface area contributed by atoms with Gasteiger partial charge in [0.05, 0.1) is 24.4 Å². The average Bonchev–Trinajstić information content (AvgIpc) is 2.91. The van der Waals surface area contributed by atoms with Crippen LogP contribution in [-0.2, 0) is 9.59 Å². The zero-order valence-electron chi connectivity index (χ0n) is 13.6. The minimum absolute atomic E-state index is 0.0271. The van der Waals surface area contributed by atoms with Crippen molar-refractivity contribution in [2.75, 3.05) is 19.2 Å². The lowest BCUT2D eigenvalue weighted by Gasteiger charge is -2.14. The lowest BCUT2D eigenvalue weighted by Crippen LogP contribution is -2.35. The van der Waals surface area contributed by atoms with E-state index >= 15 is 0 Å². The highest BCUT2D eigenvalue weighted by atomic mass is 79.9. The molecule has 6 nitrogen and oxygen atoms in total. The Morgan fingerprint density at radius 2 is 1.72 bits per heavy atom. The Morgan fingerprint density at radius 3 is 2.36 bits per heavy atom. The number of benzene rings is 2. The van der Waals surface area contributed by atoms with Gasteiger partial charge in [-0.3, -0.25) is 15.0 Å². The van der Waals surface area contributed by atoms with E-state index in [4.69, 9.17) is 9.47 Å². The number of carbonyl (C=O) groups is 2. The van der Waals surface area contributed by atoms with E-state index in [2.05, 4.69) is 21.4 Å². The molecule has 0 saturated carbocycles. The molecule has 1 N–H and O–H groups in total. The number of anilines is 1. The van der Waals surface area contributed by atoms with Crippen LogP contribution in [0.25, 0.3) is 6.08 Å². The van der Waals surface area contributed by atoms with Gasteiger partial charge in [0.2, 0.25) is 0 Å². The number of nitrogens with one attached hydrogen (secondary N) is 1. The van der Waals surface area contributed by atoms with Gasteiger partial charge in [-0.05, 0) is 40.2 Å². The van der Waals surface area contributed by atoms with E-state index in [-0.39, 0.29) is 5.57 Å². The third kappa shape index (κ3) is 3.23. The van der Waals surface area contributed by atoms with Crippen LogP contribution in [0.1, 0.15) is 5.56 Å². The molecule has 1 fully saturated rings. The second-order valence-corrected chi connectivity index (χ2v) is 6.06. The molecule has 1 heterocycles. The van der Waals surface area contributed by atoms with Crippen LogP contribution in [-0.4, -0.2) is 26.0 Å². The van der Waals surface area contributed by atoms with Crippen LogP contribution >= 0.6 is 15.9 Å². The van der Waals surface area contributed by atoms with Gasteiger partial charge >= 0.3 is 0 Å². The number of methoxy groups -OCH3 is 2. The van der Waals surface area contributed by atoms with Crippen molar-refractivity contribution in [3.63, 3.8) is 0 Å². The number of hydrogen-bond donors (Lipinski definition) is 1. The van der Waals surface area contributed by atoms with Crippen LogP contribution < -0.4 is 19.9 Å². The van der Waals surface area contributed by atoms with E-state index < -0.39 is 11.8 Å². The van der Waals surface area contributed by atoms with Gasteiger partial charge in [-0.25, -0.2) is 5.01 Å². The minimum atomic E-state index is -0.470. The summed E-state index contributed by atoms with van der Waals surface area (Å²) in [6, 6.07) is 12.3. The predicted molar refractivity (Wildman–Crippen MR) is 97.3 cm³/mol. The highest BCUT2D eigenvalue weighted by Gasteiger charge is 2.34. The first-order valence-electron chi connectivity index (χ1n) is 7.39. The van der Waals surface area contributed by atoms with Crippen LogP contribution in [0.3, 0.4) is 0 Å². The highest BCUT2D eigenvalue weighted by Crippen LogP contribution is 2.34. The van der Waals surface area contributed by atoms with Crippen LogP contribution in [0.4, 0.5) is 5.69 Å². The van der Waals surface area contributed by atoms with Crippen molar-refractivity contribution in [2.45, 2.75) is 0 Å². The summed E-state index contributed by atoms with van der Waals surface area (Å²) in [4.78, 5) is 24.9. The molecular weight excluding hydrogens is 388 g/mol. The lowest BCUT2D eigenvalue weighted by atomic mass is 10.1. The zero-order valence-corrected chi connectivity index (χ0v) is 15.2. The predicted octanol–water partition coefficient (Wildman–Crippen LogP) is 2.93. The summed E-state index contributed by atoms with van der Waals surface area (Å²) in [7, 11) is 3.06. The Labute approximate surface area is 153 Å². The normalized spacial score (nSPS) is 15.5. The Kier molecular flexibility index (Phi) is 4.76. The number of hydrazine groups is 1. The van der Waals surface area contributed by atoms with Crippen molar-refractivity contribution >= 4 is 39.5 Å². The summed E-state index contributed by atoms with van der Waals surface area (Å²) in [6.07, 6.45) is 1.50. The Morgan fingerprint density at radius 1 is 1.04 bits per heavy atom. The molecule has 2 aromatic rings. The van der Waals surface area contributed by atoms with Crippen molar-refractivity contribution in [2.24, 2.45) is 0 Å². The first kappa shape index (κ1) is 17.0. The maximum absolute atomic E-state index is 12.6. The quantitative estimate of drug-likeness (QED) is 0.630. The lowest BCUT2D eigenvalue weighted by molar-refractivity contribution is -0.117. The summed E-state index contributed by atoms with van der Waals surface area (Å²) in [5.41, 5.74) is 3.77. The molecule has 2 amide bonds. The number of ether oxygens (including phenoxy) is 2. The molecule has 0 radical (unpaired) electrons. The molecule has 0 unspecified atom stereocenters. The fraction of sp³-hybridized carbons (Fsp3) is 0.111. The molecule has 1 aliphatic rings. The van der Waals surface area contributed by atoms with Crippen LogP contribution in [0.15, 0.2) is 52.5 Å². The van der Waals surface area contributed by atoms with Gasteiger partial charge in [-0.15, -0.1) is 0 Å². The van der Waals surface area contributed by atoms with Crippen molar-refractivity contribution < 1.29 is 19.1 Å². The number of para-hydroxylation sites is 1. The molecule has 0 atom stereocenters. The first-order valence-corrected chi connectivity index (χ1v) is 8.18. The molecule has 0 aliphatic carbocycles. The van der Waals surface area contributed by atoms with Crippen LogP contribution in [0.5, 0.6) is 11.5 Å². The molecule has 7 heteroatoms. The maximum Gasteiger partial charge on any atom is 0.282 e. The van der Waals surface area contributed by atoms with Gasteiger partial charge in [0.25, 0.3) is 11.8 Å². The second kappa shape index (κ2) is 6.98. The van der Waals surface area contributed by atoms with E-state index in [1.54, 1.807) is 43.5 Å². The smallest absolute Gasteiger partial charge is 0.282 e. The fourth-order valence-corrected chi connectivity index (χ4v) is 2.99. The number of rotatable bonds is 4. The molecule has 1 aliphatic heterocycles. The number of hydrogen-bond acceptors (Lipinski definition) is 4. The molecule has 25 heavy (non-hydrogen) atoms. The number of carbonyl (C=O) groups excluding carboxylic acids is 2. The van der Waals surface area contributed by atoms with Gasteiger partial charge in [-0.1, -0.05) is 18.2 Å². The number of amides is 2. The van der Waals surface area contributed by atoms with Gasteiger partial charge < -0.3 is 9.47 Å². The van der Waals surface area contributed by atoms with Gasteiger partial charge in [0.1, 0.15) is 17.1 Å². The topological polar surface area (TPSA) is 67.9 Å². The van der Waals surface area contributed by atoms with Crippen molar-refractivity contribution in [1.29, 1.82) is 0 Å². The highest BCUT2D eigenvalue weighted by molar-refractivity contribution is 9.10. The van der Waals surface area contributed by atoms with E-state index in [0.717, 1.165) is 0 Å². The first-order chi connectivity index (χ1) is 12.0. The molecule has 2 aromatic carbocycles. The SMILES string of the molecule is COc1cc(OC)c(/C=C2/C(=O)NN(c3ccccc3)C2=O)cc1Br. The van der Waals surface area contributed by atoms with Crippen LogP contribution in [0, 0.1) is 0 Å². The van der Waals surface area contributed by atoms with E-state index in [0.29, 0.717) is 27.2 Å².